The quantitative estimate of drug-likeness (QED) is 0.694. The zero-order valence-electron chi connectivity index (χ0n) is 9.89. The maximum Gasteiger partial charge on any atom is 0.411 e. The highest BCUT2D eigenvalue weighted by atomic mass is 19.4. The number of β-amino-alcohol motifs (C(OH)–C–C–N with tert-alkyl or cyclic N) is 1. The fraction of sp³-hybridized carbons (Fsp3) is 0.800. The predicted molar refractivity (Wildman–Crippen MR) is 55.3 cm³/mol. The lowest BCUT2D eigenvalue weighted by atomic mass is 10.2. The number of carbonyl (C=O) groups excluding carboxylic acids is 1. The maximum atomic E-state index is 11.8. The number of nitrogens with zero attached hydrogens (tertiary/aromatic N) is 1. The minimum atomic E-state index is -4.46. The largest absolute Gasteiger partial charge is 0.480 e. The van der Waals surface area contributed by atoms with Crippen molar-refractivity contribution in [2.45, 2.75) is 31.2 Å². The first kappa shape index (κ1) is 15.7. The van der Waals surface area contributed by atoms with Gasteiger partial charge in [-0.05, 0) is 0 Å². The van der Waals surface area contributed by atoms with Gasteiger partial charge in [-0.25, -0.2) is 4.79 Å². The molecule has 9 heteroatoms. The number of amides is 1. The smallest absolute Gasteiger partial charge is 0.411 e. The Bertz CT molecular complexity index is 347. The molecule has 1 aliphatic heterocycles. The standard InChI is InChI=1S/C10H14F3NO5/c11-10(12,13)5-19-2-1-8(16)14-4-6(15)3-7(14)9(17)18/h6-7,15H,1-5H2,(H,17,18)/t6-,7-/m0/s1. The van der Waals surface area contributed by atoms with Crippen LogP contribution in [-0.4, -0.2) is 65.1 Å². The van der Waals surface area contributed by atoms with Gasteiger partial charge in [0.2, 0.25) is 5.91 Å². The molecule has 0 aromatic carbocycles. The summed E-state index contributed by atoms with van der Waals surface area (Å²) in [6.07, 6.45) is -5.82. The van der Waals surface area contributed by atoms with Gasteiger partial charge in [0.15, 0.2) is 0 Å². The highest BCUT2D eigenvalue weighted by Gasteiger charge is 2.38. The molecule has 0 radical (unpaired) electrons. The second-order valence-corrected chi connectivity index (χ2v) is 4.21. The number of hydrogen-bond acceptors (Lipinski definition) is 4. The van der Waals surface area contributed by atoms with Gasteiger partial charge >= 0.3 is 12.1 Å². The summed E-state index contributed by atoms with van der Waals surface area (Å²) < 4.78 is 39.6. The molecular weight excluding hydrogens is 271 g/mol. The summed E-state index contributed by atoms with van der Waals surface area (Å²) in [4.78, 5) is 23.4. The molecule has 110 valence electrons. The molecule has 1 saturated heterocycles. The lowest BCUT2D eigenvalue weighted by Gasteiger charge is -2.21. The first-order valence-corrected chi connectivity index (χ1v) is 5.55. The van der Waals surface area contributed by atoms with Crippen LogP contribution in [0.1, 0.15) is 12.8 Å². The average molecular weight is 285 g/mol. The Hall–Kier alpha value is -1.35. The third-order valence-electron chi connectivity index (χ3n) is 2.61. The van der Waals surface area contributed by atoms with Crippen LogP contribution in [0.2, 0.25) is 0 Å². The Morgan fingerprint density at radius 2 is 2.00 bits per heavy atom. The van der Waals surface area contributed by atoms with Crippen molar-refractivity contribution in [1.82, 2.24) is 4.90 Å². The minimum Gasteiger partial charge on any atom is -0.480 e. The van der Waals surface area contributed by atoms with E-state index >= 15 is 0 Å². The number of likely N-dealkylation sites (tertiary alicyclic amines) is 1. The van der Waals surface area contributed by atoms with Crippen molar-refractivity contribution in [3.8, 4) is 0 Å². The number of carboxylic acids is 1. The maximum absolute atomic E-state index is 11.8. The molecular formula is C10H14F3NO5. The number of aliphatic carboxylic acids is 1. The lowest BCUT2D eigenvalue weighted by Crippen LogP contribution is -2.41. The summed E-state index contributed by atoms with van der Waals surface area (Å²) >= 11 is 0. The minimum absolute atomic E-state index is 0.0789. The molecule has 1 fully saturated rings. The summed E-state index contributed by atoms with van der Waals surface area (Å²) in [5.74, 6) is -1.90. The molecule has 19 heavy (non-hydrogen) atoms. The number of carboxylic acid groups (broad SMARTS) is 1. The van der Waals surface area contributed by atoms with Gasteiger partial charge < -0.3 is 19.8 Å². The lowest BCUT2D eigenvalue weighted by molar-refractivity contribution is -0.175. The van der Waals surface area contributed by atoms with E-state index in [0.29, 0.717) is 0 Å². The fourth-order valence-electron chi connectivity index (χ4n) is 1.81. The molecule has 1 amide bonds. The van der Waals surface area contributed by atoms with Gasteiger partial charge in [-0.3, -0.25) is 4.79 Å². The van der Waals surface area contributed by atoms with Crippen molar-refractivity contribution < 1.29 is 37.7 Å². The molecule has 0 aromatic heterocycles. The van der Waals surface area contributed by atoms with Crippen LogP contribution in [0.25, 0.3) is 0 Å². The van der Waals surface area contributed by atoms with E-state index in [0.717, 1.165) is 4.90 Å². The normalized spacial score (nSPS) is 23.7. The van der Waals surface area contributed by atoms with E-state index < -0.39 is 43.4 Å². The van der Waals surface area contributed by atoms with Crippen LogP contribution in [0.15, 0.2) is 0 Å². The summed E-state index contributed by atoms with van der Waals surface area (Å²) in [5.41, 5.74) is 0. The van der Waals surface area contributed by atoms with Crippen LogP contribution in [0.5, 0.6) is 0 Å². The van der Waals surface area contributed by atoms with Crippen molar-refractivity contribution in [2.75, 3.05) is 19.8 Å². The first-order valence-electron chi connectivity index (χ1n) is 5.55. The Labute approximate surface area is 106 Å². The number of aliphatic hydroxyl groups excluding tert-OH is 1. The van der Waals surface area contributed by atoms with Crippen molar-refractivity contribution in [1.29, 1.82) is 0 Å². The number of carbonyl (C=O) groups is 2. The van der Waals surface area contributed by atoms with E-state index in [1.807, 2.05) is 0 Å². The number of ether oxygens (including phenoxy) is 1. The molecule has 0 saturated carbocycles. The van der Waals surface area contributed by atoms with E-state index in [1.165, 1.54) is 0 Å². The number of rotatable bonds is 5. The third kappa shape index (κ3) is 5.03. The Morgan fingerprint density at radius 1 is 1.37 bits per heavy atom. The third-order valence-corrected chi connectivity index (χ3v) is 2.61. The SMILES string of the molecule is O=C(O)[C@@H]1C[C@H](O)CN1C(=O)CCOCC(F)(F)F. The van der Waals surface area contributed by atoms with Crippen LogP contribution in [0.4, 0.5) is 13.2 Å². The van der Waals surface area contributed by atoms with Crippen LogP contribution >= 0.6 is 0 Å². The molecule has 2 N–H and O–H groups in total. The van der Waals surface area contributed by atoms with E-state index in [-0.39, 0.29) is 19.4 Å². The summed E-state index contributed by atoms with van der Waals surface area (Å²) in [6, 6.07) is -1.13. The molecule has 2 atom stereocenters. The molecule has 0 unspecified atom stereocenters. The van der Waals surface area contributed by atoms with Crippen LogP contribution in [0, 0.1) is 0 Å². The first-order chi connectivity index (χ1) is 8.70. The van der Waals surface area contributed by atoms with Gasteiger partial charge in [0, 0.05) is 13.0 Å². The van der Waals surface area contributed by atoms with Crippen molar-refractivity contribution >= 4 is 11.9 Å². The van der Waals surface area contributed by atoms with E-state index in [4.69, 9.17) is 5.11 Å². The van der Waals surface area contributed by atoms with Gasteiger partial charge in [0.1, 0.15) is 12.6 Å². The number of aliphatic hydroxyl groups is 1. The number of alkyl halides is 3. The van der Waals surface area contributed by atoms with Crippen molar-refractivity contribution in [2.24, 2.45) is 0 Å². The van der Waals surface area contributed by atoms with E-state index in [1.54, 1.807) is 0 Å². The topological polar surface area (TPSA) is 87.1 Å². The highest BCUT2D eigenvalue weighted by Crippen LogP contribution is 2.19. The predicted octanol–water partition coefficient (Wildman–Crippen LogP) is 0.00180. The van der Waals surface area contributed by atoms with Gasteiger partial charge in [0.05, 0.1) is 19.1 Å². The molecule has 1 rings (SSSR count). The zero-order chi connectivity index (χ0) is 14.6. The molecule has 1 aliphatic rings. The van der Waals surface area contributed by atoms with Crippen molar-refractivity contribution in [3.63, 3.8) is 0 Å². The second-order valence-electron chi connectivity index (χ2n) is 4.21. The zero-order valence-corrected chi connectivity index (χ0v) is 9.89. The van der Waals surface area contributed by atoms with Gasteiger partial charge in [0.25, 0.3) is 0 Å². The van der Waals surface area contributed by atoms with Crippen molar-refractivity contribution in [3.05, 3.63) is 0 Å². The van der Waals surface area contributed by atoms with E-state index in [9.17, 15) is 27.9 Å². The molecule has 6 nitrogen and oxygen atoms in total. The molecule has 0 aliphatic carbocycles. The summed E-state index contributed by atoms with van der Waals surface area (Å²) in [5, 5.41) is 18.2. The summed E-state index contributed by atoms with van der Waals surface area (Å²) in [6.45, 7) is -2.03. The van der Waals surface area contributed by atoms with Gasteiger partial charge in [-0.15, -0.1) is 0 Å². The van der Waals surface area contributed by atoms with E-state index in [2.05, 4.69) is 4.74 Å². The average Bonchev–Trinajstić information content (AvgIpc) is 2.65. The number of hydrogen-bond donors (Lipinski definition) is 2. The molecule has 1 heterocycles. The molecule has 0 bridgehead atoms. The van der Waals surface area contributed by atoms with Crippen LogP contribution in [-0.2, 0) is 14.3 Å². The Morgan fingerprint density at radius 3 is 2.53 bits per heavy atom. The van der Waals surface area contributed by atoms with Gasteiger partial charge in [-0.1, -0.05) is 0 Å². The fourth-order valence-corrected chi connectivity index (χ4v) is 1.81. The molecule has 0 aromatic rings. The highest BCUT2D eigenvalue weighted by molar-refractivity contribution is 5.84. The van der Waals surface area contributed by atoms with Gasteiger partial charge in [-0.2, -0.15) is 13.2 Å². The molecule has 0 spiro atoms. The monoisotopic (exact) mass is 285 g/mol. The van der Waals surface area contributed by atoms with Crippen LogP contribution in [0.3, 0.4) is 0 Å². The number of halogens is 3. The Balaban J connectivity index is 2.38. The Kier molecular flexibility index (Phi) is 5.12. The summed E-state index contributed by atoms with van der Waals surface area (Å²) in [7, 11) is 0. The second kappa shape index (κ2) is 6.20. The van der Waals surface area contributed by atoms with Crippen LogP contribution < -0.4 is 0 Å².